The number of H-pyrrole nitrogens is 2. The van der Waals surface area contributed by atoms with E-state index in [1.54, 1.807) is 24.5 Å². The van der Waals surface area contributed by atoms with Crippen molar-refractivity contribution in [3.05, 3.63) is 30.9 Å². The monoisotopic (exact) mass is 432 g/mol. The summed E-state index contributed by atoms with van der Waals surface area (Å²) in [7, 11) is 0. The number of rotatable bonds is 6. The molecule has 0 aliphatic rings. The van der Waals surface area contributed by atoms with Crippen LogP contribution in [0.3, 0.4) is 0 Å². The Bertz CT molecular complexity index is 1200. The summed E-state index contributed by atoms with van der Waals surface area (Å²) in [5.41, 5.74) is 2.32. The van der Waals surface area contributed by atoms with Gasteiger partial charge in [0.2, 0.25) is 5.91 Å². The molecule has 4 rings (SSSR count). The minimum atomic E-state index is -4.50. The van der Waals surface area contributed by atoms with Crippen LogP contribution < -0.4 is 10.6 Å². The van der Waals surface area contributed by atoms with Crippen molar-refractivity contribution >= 4 is 22.8 Å². The van der Waals surface area contributed by atoms with Gasteiger partial charge in [-0.25, -0.2) is 20.1 Å². The van der Waals surface area contributed by atoms with Crippen LogP contribution in [-0.2, 0) is 4.79 Å². The molecule has 11 nitrogen and oxygen atoms in total. The Morgan fingerprint density at radius 3 is 2.87 bits per heavy atom. The second kappa shape index (κ2) is 7.97. The number of aromatic nitrogens is 8. The molecule has 0 fully saturated rings. The first kappa shape index (κ1) is 20.2. The third-order valence-electron chi connectivity index (χ3n) is 4.30. The van der Waals surface area contributed by atoms with Crippen molar-refractivity contribution in [2.45, 2.75) is 19.1 Å². The highest BCUT2D eigenvalue weighted by Crippen LogP contribution is 2.30. The van der Waals surface area contributed by atoms with Crippen LogP contribution in [0.25, 0.3) is 33.7 Å². The van der Waals surface area contributed by atoms with Gasteiger partial charge in [-0.05, 0) is 29.5 Å². The zero-order valence-electron chi connectivity index (χ0n) is 15.9. The lowest BCUT2D eigenvalue weighted by Gasteiger charge is -2.16. The SMILES string of the molecule is C[C@H](Nc1cc(-c2nnn[nH]2)cc(-c2c[nH]c3ncncc23)n1)C(=O)NCC(F)(F)F. The number of nitrogens with zero attached hydrogens (tertiary/aromatic N) is 6. The number of carbonyl (C=O) groups is 1. The maximum Gasteiger partial charge on any atom is 0.405 e. The van der Waals surface area contributed by atoms with E-state index in [0.29, 0.717) is 33.7 Å². The number of aromatic amines is 2. The van der Waals surface area contributed by atoms with Crippen molar-refractivity contribution in [2.75, 3.05) is 11.9 Å². The predicted molar refractivity (Wildman–Crippen MR) is 102 cm³/mol. The molecule has 0 radical (unpaired) electrons. The maximum absolute atomic E-state index is 12.4. The fourth-order valence-electron chi connectivity index (χ4n) is 2.86. The molecular weight excluding hydrogens is 417 g/mol. The molecule has 1 amide bonds. The number of pyridine rings is 1. The van der Waals surface area contributed by atoms with Crippen molar-refractivity contribution in [3.63, 3.8) is 0 Å². The summed E-state index contributed by atoms with van der Waals surface area (Å²) in [5.74, 6) is -0.241. The lowest BCUT2D eigenvalue weighted by atomic mass is 10.1. The van der Waals surface area contributed by atoms with Gasteiger partial charge in [-0.3, -0.25) is 4.79 Å². The third-order valence-corrected chi connectivity index (χ3v) is 4.30. The highest BCUT2D eigenvalue weighted by Gasteiger charge is 2.28. The zero-order chi connectivity index (χ0) is 22.0. The molecular formula is C17H15F3N10O. The molecule has 4 heterocycles. The number of nitrogens with one attached hydrogen (secondary N) is 4. The minimum Gasteiger partial charge on any atom is -0.359 e. The van der Waals surface area contributed by atoms with Gasteiger partial charge in [0.15, 0.2) is 5.82 Å². The van der Waals surface area contributed by atoms with E-state index in [-0.39, 0.29) is 5.82 Å². The smallest absolute Gasteiger partial charge is 0.359 e. The average molecular weight is 432 g/mol. The van der Waals surface area contributed by atoms with Crippen LogP contribution in [0.5, 0.6) is 0 Å². The highest BCUT2D eigenvalue weighted by molar-refractivity contribution is 5.93. The fourth-order valence-corrected chi connectivity index (χ4v) is 2.86. The third kappa shape index (κ3) is 4.57. The number of hydrogen-bond donors (Lipinski definition) is 4. The lowest BCUT2D eigenvalue weighted by Crippen LogP contribution is -2.42. The molecule has 160 valence electrons. The molecule has 0 aliphatic heterocycles. The summed E-state index contributed by atoms with van der Waals surface area (Å²) in [4.78, 5) is 27.7. The highest BCUT2D eigenvalue weighted by atomic mass is 19.4. The normalized spacial score (nSPS) is 12.6. The van der Waals surface area contributed by atoms with E-state index < -0.39 is 24.7 Å². The average Bonchev–Trinajstić information content (AvgIpc) is 3.41. The Kier molecular flexibility index (Phi) is 5.19. The zero-order valence-corrected chi connectivity index (χ0v) is 15.9. The summed E-state index contributed by atoms with van der Waals surface area (Å²) in [5, 5.41) is 19.0. The molecule has 0 aliphatic carbocycles. The summed E-state index contributed by atoms with van der Waals surface area (Å²) in [6, 6.07) is 2.30. The van der Waals surface area contributed by atoms with Crippen LogP contribution >= 0.6 is 0 Å². The van der Waals surface area contributed by atoms with Gasteiger partial charge in [0.25, 0.3) is 0 Å². The van der Waals surface area contributed by atoms with Gasteiger partial charge in [0.1, 0.15) is 30.4 Å². The van der Waals surface area contributed by atoms with E-state index in [2.05, 4.69) is 45.9 Å². The molecule has 0 aromatic carbocycles. The molecule has 4 aromatic heterocycles. The quantitative estimate of drug-likeness (QED) is 0.359. The van der Waals surface area contributed by atoms with E-state index in [1.807, 2.05) is 5.32 Å². The molecule has 0 spiro atoms. The van der Waals surface area contributed by atoms with Crippen molar-refractivity contribution in [1.82, 2.24) is 45.9 Å². The molecule has 4 N–H and O–H groups in total. The van der Waals surface area contributed by atoms with Crippen LogP contribution in [0, 0.1) is 0 Å². The minimum absolute atomic E-state index is 0.241. The van der Waals surface area contributed by atoms with Crippen molar-refractivity contribution in [1.29, 1.82) is 0 Å². The number of halogens is 3. The molecule has 0 saturated heterocycles. The van der Waals surface area contributed by atoms with Crippen LogP contribution in [0.1, 0.15) is 6.92 Å². The van der Waals surface area contributed by atoms with E-state index in [4.69, 9.17) is 0 Å². The predicted octanol–water partition coefficient (Wildman–Crippen LogP) is 1.68. The fraction of sp³-hybridized carbons (Fsp3) is 0.235. The first-order valence-corrected chi connectivity index (χ1v) is 8.95. The Labute approximate surface area is 171 Å². The van der Waals surface area contributed by atoms with Crippen LogP contribution in [0.2, 0.25) is 0 Å². The molecule has 1 atom stereocenters. The van der Waals surface area contributed by atoms with Gasteiger partial charge in [-0.2, -0.15) is 13.2 Å². The maximum atomic E-state index is 12.4. The summed E-state index contributed by atoms with van der Waals surface area (Å²) >= 11 is 0. The van der Waals surface area contributed by atoms with Crippen molar-refractivity contribution < 1.29 is 18.0 Å². The van der Waals surface area contributed by atoms with E-state index in [9.17, 15) is 18.0 Å². The number of hydrogen-bond acceptors (Lipinski definition) is 8. The Morgan fingerprint density at radius 1 is 1.29 bits per heavy atom. The molecule has 0 saturated carbocycles. The van der Waals surface area contributed by atoms with Crippen LogP contribution in [0.15, 0.2) is 30.9 Å². The van der Waals surface area contributed by atoms with Gasteiger partial charge in [-0.15, -0.1) is 5.10 Å². The Morgan fingerprint density at radius 2 is 2.13 bits per heavy atom. The largest absolute Gasteiger partial charge is 0.405 e. The van der Waals surface area contributed by atoms with Gasteiger partial charge in [-0.1, -0.05) is 0 Å². The first-order valence-electron chi connectivity index (χ1n) is 8.95. The molecule has 0 bridgehead atoms. The van der Waals surface area contributed by atoms with Gasteiger partial charge < -0.3 is 15.6 Å². The van der Waals surface area contributed by atoms with Gasteiger partial charge in [0.05, 0.1) is 5.69 Å². The van der Waals surface area contributed by atoms with Crippen LogP contribution in [0.4, 0.5) is 19.0 Å². The molecule has 0 unspecified atom stereocenters. The summed E-state index contributed by atoms with van der Waals surface area (Å²) in [6.07, 6.45) is 0.227. The molecule has 4 aromatic rings. The number of fused-ring (bicyclic) bond motifs is 1. The number of alkyl halides is 3. The van der Waals surface area contributed by atoms with Gasteiger partial charge in [0, 0.05) is 28.9 Å². The molecule has 31 heavy (non-hydrogen) atoms. The number of amides is 1. The Balaban J connectivity index is 1.67. The van der Waals surface area contributed by atoms with Crippen LogP contribution in [-0.4, -0.2) is 65.2 Å². The summed E-state index contributed by atoms with van der Waals surface area (Å²) in [6.45, 7) is 0.00488. The van der Waals surface area contributed by atoms with E-state index in [1.165, 1.54) is 13.3 Å². The number of carbonyl (C=O) groups excluding carboxylic acids is 1. The van der Waals surface area contributed by atoms with E-state index >= 15 is 0 Å². The van der Waals surface area contributed by atoms with Crippen molar-refractivity contribution in [3.8, 4) is 22.6 Å². The topological polar surface area (TPSA) is 150 Å². The second-order valence-corrected chi connectivity index (χ2v) is 6.56. The number of tetrazole rings is 1. The standard InChI is InChI=1S/C17H15F3N10O/c1-8(16(31)23-6-17(18,19)20)25-13-3-9(14-27-29-30-28-14)2-12(26-13)10-5-22-15-11(10)4-21-7-24-15/h2-5,7-8H,6H2,1H3,(H,23,31)(H,25,26)(H,21,22,24)(H,27,28,29,30)/t8-/m0/s1. The van der Waals surface area contributed by atoms with Crippen molar-refractivity contribution in [2.24, 2.45) is 0 Å². The number of anilines is 1. The molecule has 14 heteroatoms. The first-order chi connectivity index (χ1) is 14.8. The summed E-state index contributed by atoms with van der Waals surface area (Å²) < 4.78 is 37.1. The Hall–Kier alpha value is -4.10. The van der Waals surface area contributed by atoms with E-state index in [0.717, 1.165) is 0 Å². The lowest BCUT2D eigenvalue weighted by molar-refractivity contribution is -0.138. The van der Waals surface area contributed by atoms with Gasteiger partial charge >= 0.3 is 6.18 Å². The second-order valence-electron chi connectivity index (χ2n) is 6.56.